The molecule has 0 amide bonds. The normalized spacial score (nSPS) is 16.2. The molecule has 1 aliphatic rings. The maximum atomic E-state index is 6.07. The van der Waals surface area contributed by atoms with E-state index in [2.05, 4.69) is 15.3 Å². The second-order valence-corrected chi connectivity index (χ2v) is 4.66. The predicted octanol–water partition coefficient (Wildman–Crippen LogP) is 2.27. The Morgan fingerprint density at radius 3 is 2.63 bits per heavy atom. The van der Waals surface area contributed by atoms with E-state index in [0.29, 0.717) is 0 Å². The molecule has 0 spiro atoms. The van der Waals surface area contributed by atoms with Gasteiger partial charge in [-0.25, -0.2) is 4.98 Å². The van der Waals surface area contributed by atoms with E-state index in [1.807, 2.05) is 24.3 Å². The molecule has 98 valence electrons. The van der Waals surface area contributed by atoms with E-state index in [9.17, 15) is 0 Å². The summed E-state index contributed by atoms with van der Waals surface area (Å²) < 4.78 is 6.07. The Kier molecular flexibility index (Phi) is 3.70. The van der Waals surface area contributed by atoms with E-state index in [-0.39, 0.29) is 6.10 Å². The summed E-state index contributed by atoms with van der Waals surface area (Å²) in [7, 11) is 0. The molecular formula is C15H17N3O. The van der Waals surface area contributed by atoms with Crippen molar-refractivity contribution in [3.63, 3.8) is 0 Å². The average molecular weight is 255 g/mol. The number of ether oxygens (including phenoxy) is 1. The van der Waals surface area contributed by atoms with Gasteiger partial charge in [0.1, 0.15) is 6.10 Å². The summed E-state index contributed by atoms with van der Waals surface area (Å²) in [5, 5.41) is 3.34. The number of nitrogens with one attached hydrogen (secondary N) is 1. The molecule has 0 bridgehead atoms. The maximum Gasteiger partial charge on any atom is 0.221 e. The lowest BCUT2D eigenvalue weighted by Crippen LogP contribution is -2.34. The second-order valence-electron chi connectivity index (χ2n) is 4.66. The fourth-order valence-electron chi connectivity index (χ4n) is 2.31. The summed E-state index contributed by atoms with van der Waals surface area (Å²) in [4.78, 5) is 8.43. The zero-order valence-corrected chi connectivity index (χ0v) is 10.7. The number of pyridine rings is 2. The smallest absolute Gasteiger partial charge is 0.221 e. The molecule has 0 aliphatic carbocycles. The Hall–Kier alpha value is -1.94. The third kappa shape index (κ3) is 2.90. The lowest BCUT2D eigenvalue weighted by Gasteiger charge is -2.24. The summed E-state index contributed by atoms with van der Waals surface area (Å²) in [6.07, 6.45) is 7.68. The van der Waals surface area contributed by atoms with Crippen LogP contribution in [-0.2, 0) is 0 Å². The molecule has 0 atom stereocenters. The number of aromatic nitrogens is 2. The van der Waals surface area contributed by atoms with Crippen LogP contribution in [0.3, 0.4) is 0 Å². The van der Waals surface area contributed by atoms with Crippen molar-refractivity contribution in [2.45, 2.75) is 18.9 Å². The fraction of sp³-hybridized carbons (Fsp3) is 0.333. The Morgan fingerprint density at radius 1 is 1.05 bits per heavy atom. The first-order valence-electron chi connectivity index (χ1n) is 6.66. The van der Waals surface area contributed by atoms with Crippen molar-refractivity contribution in [1.29, 1.82) is 0 Å². The van der Waals surface area contributed by atoms with Gasteiger partial charge >= 0.3 is 0 Å². The first kappa shape index (κ1) is 12.1. The van der Waals surface area contributed by atoms with Gasteiger partial charge in [-0.15, -0.1) is 0 Å². The van der Waals surface area contributed by atoms with Crippen molar-refractivity contribution < 1.29 is 4.74 Å². The average Bonchev–Trinajstić information content (AvgIpc) is 2.50. The minimum atomic E-state index is 0.261. The summed E-state index contributed by atoms with van der Waals surface area (Å²) in [5.41, 5.74) is 2.12. The van der Waals surface area contributed by atoms with E-state index in [1.165, 1.54) is 0 Å². The predicted molar refractivity (Wildman–Crippen MR) is 74.0 cm³/mol. The minimum absolute atomic E-state index is 0.261. The van der Waals surface area contributed by atoms with Gasteiger partial charge < -0.3 is 10.1 Å². The van der Waals surface area contributed by atoms with Gasteiger partial charge in [-0.1, -0.05) is 0 Å². The van der Waals surface area contributed by atoms with E-state index in [0.717, 1.165) is 42.9 Å². The SMILES string of the molecule is c1cnc(OC2CCNCC2)c(-c2ccncc2)c1. The van der Waals surface area contributed by atoms with Crippen LogP contribution in [-0.4, -0.2) is 29.2 Å². The molecule has 2 aromatic rings. The van der Waals surface area contributed by atoms with Gasteiger partial charge in [0.25, 0.3) is 0 Å². The van der Waals surface area contributed by atoms with E-state index in [4.69, 9.17) is 4.74 Å². The standard InChI is InChI=1S/C15H17N3O/c1-2-14(12-3-8-16-9-4-12)15(18-7-1)19-13-5-10-17-11-6-13/h1-4,7-9,13,17H,5-6,10-11H2. The highest BCUT2D eigenvalue weighted by Crippen LogP contribution is 2.28. The summed E-state index contributed by atoms with van der Waals surface area (Å²) in [6, 6.07) is 7.93. The van der Waals surface area contributed by atoms with Gasteiger partial charge in [-0.05, 0) is 55.8 Å². The summed E-state index contributed by atoms with van der Waals surface area (Å²) >= 11 is 0. The topological polar surface area (TPSA) is 47.0 Å². The third-order valence-corrected chi connectivity index (χ3v) is 3.33. The Labute approximate surface area is 112 Å². The quantitative estimate of drug-likeness (QED) is 0.914. The van der Waals surface area contributed by atoms with Crippen LogP contribution in [0.25, 0.3) is 11.1 Å². The van der Waals surface area contributed by atoms with Crippen molar-refractivity contribution in [3.05, 3.63) is 42.9 Å². The Balaban J connectivity index is 1.85. The number of rotatable bonds is 3. The van der Waals surface area contributed by atoms with Crippen molar-refractivity contribution in [3.8, 4) is 17.0 Å². The lowest BCUT2D eigenvalue weighted by molar-refractivity contribution is 0.157. The van der Waals surface area contributed by atoms with Crippen LogP contribution in [0.5, 0.6) is 5.88 Å². The Morgan fingerprint density at radius 2 is 1.84 bits per heavy atom. The minimum Gasteiger partial charge on any atom is -0.474 e. The second kappa shape index (κ2) is 5.80. The Bertz CT molecular complexity index is 524. The molecule has 1 N–H and O–H groups in total. The van der Waals surface area contributed by atoms with Crippen molar-refractivity contribution in [2.24, 2.45) is 0 Å². The van der Waals surface area contributed by atoms with E-state index >= 15 is 0 Å². The molecule has 0 unspecified atom stereocenters. The molecule has 1 saturated heterocycles. The van der Waals surface area contributed by atoms with Gasteiger partial charge in [0.2, 0.25) is 5.88 Å². The van der Waals surface area contributed by atoms with E-state index < -0.39 is 0 Å². The van der Waals surface area contributed by atoms with Crippen LogP contribution >= 0.6 is 0 Å². The number of hydrogen-bond acceptors (Lipinski definition) is 4. The summed E-state index contributed by atoms with van der Waals surface area (Å²) in [6.45, 7) is 2.03. The molecule has 1 aliphatic heterocycles. The molecule has 4 nitrogen and oxygen atoms in total. The molecule has 1 fully saturated rings. The maximum absolute atomic E-state index is 6.07. The number of hydrogen-bond donors (Lipinski definition) is 1. The highest BCUT2D eigenvalue weighted by atomic mass is 16.5. The zero-order valence-electron chi connectivity index (χ0n) is 10.7. The van der Waals surface area contributed by atoms with Gasteiger partial charge in [-0.3, -0.25) is 4.98 Å². The third-order valence-electron chi connectivity index (χ3n) is 3.33. The number of piperidine rings is 1. The van der Waals surface area contributed by atoms with Crippen LogP contribution in [0, 0.1) is 0 Å². The molecule has 0 aromatic carbocycles. The van der Waals surface area contributed by atoms with Crippen molar-refractivity contribution in [1.82, 2.24) is 15.3 Å². The van der Waals surface area contributed by atoms with Crippen LogP contribution in [0.15, 0.2) is 42.9 Å². The zero-order chi connectivity index (χ0) is 12.9. The van der Waals surface area contributed by atoms with Gasteiger partial charge in [0, 0.05) is 24.2 Å². The van der Waals surface area contributed by atoms with Crippen LogP contribution in [0.1, 0.15) is 12.8 Å². The van der Waals surface area contributed by atoms with Gasteiger partial charge in [0.15, 0.2) is 0 Å². The highest BCUT2D eigenvalue weighted by molar-refractivity contribution is 5.67. The van der Waals surface area contributed by atoms with Crippen molar-refractivity contribution >= 4 is 0 Å². The molecule has 3 heterocycles. The van der Waals surface area contributed by atoms with E-state index in [1.54, 1.807) is 18.6 Å². The van der Waals surface area contributed by atoms with Gasteiger partial charge in [0.05, 0.1) is 0 Å². The largest absolute Gasteiger partial charge is 0.474 e. The first-order valence-corrected chi connectivity index (χ1v) is 6.66. The fourth-order valence-corrected chi connectivity index (χ4v) is 2.31. The highest BCUT2D eigenvalue weighted by Gasteiger charge is 2.17. The molecule has 3 rings (SSSR count). The van der Waals surface area contributed by atoms with Crippen LogP contribution in [0.2, 0.25) is 0 Å². The lowest BCUT2D eigenvalue weighted by atomic mass is 10.1. The molecule has 2 aromatic heterocycles. The van der Waals surface area contributed by atoms with Crippen LogP contribution in [0.4, 0.5) is 0 Å². The molecule has 4 heteroatoms. The molecule has 0 saturated carbocycles. The van der Waals surface area contributed by atoms with Crippen LogP contribution < -0.4 is 10.1 Å². The summed E-state index contributed by atoms with van der Waals surface area (Å²) in [5.74, 6) is 0.723. The molecule has 0 radical (unpaired) electrons. The monoisotopic (exact) mass is 255 g/mol. The van der Waals surface area contributed by atoms with Crippen molar-refractivity contribution in [2.75, 3.05) is 13.1 Å². The first-order chi connectivity index (χ1) is 9.43. The van der Waals surface area contributed by atoms with Gasteiger partial charge in [-0.2, -0.15) is 0 Å². The molecular weight excluding hydrogens is 238 g/mol. The molecule has 19 heavy (non-hydrogen) atoms. The number of nitrogens with zero attached hydrogens (tertiary/aromatic N) is 2.